The number of hydrogen-bond acceptors (Lipinski definition) is 4. The Morgan fingerprint density at radius 1 is 1.57 bits per heavy atom. The van der Waals surface area contributed by atoms with E-state index in [0.717, 1.165) is 4.90 Å². The molecule has 1 atom stereocenters. The molecule has 84 valence electrons. The third kappa shape index (κ3) is 4.40. The van der Waals surface area contributed by atoms with Crippen LogP contribution in [-0.4, -0.2) is 54.0 Å². The van der Waals surface area contributed by atoms with Gasteiger partial charge in [0.2, 0.25) is 0 Å². The van der Waals surface area contributed by atoms with Crippen LogP contribution in [0.25, 0.3) is 0 Å². The highest BCUT2D eigenvalue weighted by molar-refractivity contribution is 7.86. The molecule has 0 spiro atoms. The van der Waals surface area contributed by atoms with Crippen molar-refractivity contribution in [1.82, 2.24) is 4.90 Å². The van der Waals surface area contributed by atoms with Crippen LogP contribution in [0.2, 0.25) is 0 Å². The second kappa shape index (κ2) is 5.13. The highest BCUT2D eigenvalue weighted by Crippen LogP contribution is 2.00. The fourth-order valence-corrected chi connectivity index (χ4v) is 1.19. The Hall–Kier alpha value is -0.860. The van der Waals surface area contributed by atoms with Gasteiger partial charge in [-0.25, -0.2) is 4.79 Å². The molecule has 14 heavy (non-hydrogen) atoms. The molecule has 1 unspecified atom stereocenters. The molecule has 0 aliphatic heterocycles. The molecule has 0 heterocycles. The van der Waals surface area contributed by atoms with Gasteiger partial charge in [0.15, 0.2) is 0 Å². The number of aliphatic hydroxyl groups is 1. The van der Waals surface area contributed by atoms with Crippen LogP contribution in [0.5, 0.6) is 0 Å². The molecule has 0 aromatic rings. The standard InChI is InChI=1S/C6H14N2O5S/c1-5(14(11,12)13)4-8(2-3-9)6(7)10/h5,9H,2-4H2,1H3,(H2,7,10)(H,11,12,13). The fraction of sp³-hybridized carbons (Fsp3) is 0.833. The molecule has 0 aromatic heterocycles. The van der Waals surface area contributed by atoms with Gasteiger partial charge in [-0.1, -0.05) is 0 Å². The summed E-state index contributed by atoms with van der Waals surface area (Å²) in [4.78, 5) is 11.7. The summed E-state index contributed by atoms with van der Waals surface area (Å²) in [6.07, 6.45) is 0. The van der Waals surface area contributed by atoms with Crippen molar-refractivity contribution in [3.63, 3.8) is 0 Å². The number of nitrogens with two attached hydrogens (primary N) is 1. The Morgan fingerprint density at radius 2 is 2.07 bits per heavy atom. The lowest BCUT2D eigenvalue weighted by molar-refractivity contribution is 0.185. The fourth-order valence-electron chi connectivity index (χ4n) is 0.817. The molecule has 8 heteroatoms. The van der Waals surface area contributed by atoms with Gasteiger partial charge in [0, 0.05) is 13.1 Å². The highest BCUT2D eigenvalue weighted by atomic mass is 32.2. The van der Waals surface area contributed by atoms with Crippen molar-refractivity contribution < 1.29 is 22.9 Å². The summed E-state index contributed by atoms with van der Waals surface area (Å²) >= 11 is 0. The monoisotopic (exact) mass is 226 g/mol. The molecule has 0 saturated carbocycles. The number of aliphatic hydroxyl groups excluding tert-OH is 1. The maximum Gasteiger partial charge on any atom is 0.314 e. The molecular formula is C6H14N2O5S. The summed E-state index contributed by atoms with van der Waals surface area (Å²) in [6, 6.07) is -0.838. The number of amides is 2. The average molecular weight is 226 g/mol. The van der Waals surface area contributed by atoms with Crippen LogP contribution >= 0.6 is 0 Å². The average Bonchev–Trinajstić information content (AvgIpc) is 2.01. The molecule has 0 rings (SSSR count). The molecule has 7 nitrogen and oxygen atoms in total. The number of nitrogens with zero attached hydrogens (tertiary/aromatic N) is 1. The van der Waals surface area contributed by atoms with Crippen molar-refractivity contribution in [2.24, 2.45) is 5.73 Å². The van der Waals surface area contributed by atoms with E-state index in [1.165, 1.54) is 6.92 Å². The molecule has 0 bridgehead atoms. The summed E-state index contributed by atoms with van der Waals surface area (Å²) < 4.78 is 29.8. The third-order valence-electron chi connectivity index (χ3n) is 1.67. The van der Waals surface area contributed by atoms with Gasteiger partial charge in [-0.3, -0.25) is 4.55 Å². The van der Waals surface area contributed by atoms with Crippen LogP contribution in [0, 0.1) is 0 Å². The van der Waals surface area contributed by atoms with E-state index in [0.29, 0.717) is 0 Å². The zero-order valence-electron chi connectivity index (χ0n) is 7.75. The van der Waals surface area contributed by atoms with Crippen molar-refractivity contribution in [1.29, 1.82) is 0 Å². The van der Waals surface area contributed by atoms with Gasteiger partial charge >= 0.3 is 6.03 Å². The van der Waals surface area contributed by atoms with E-state index in [9.17, 15) is 13.2 Å². The van der Waals surface area contributed by atoms with Crippen molar-refractivity contribution in [2.45, 2.75) is 12.2 Å². The number of rotatable bonds is 5. The van der Waals surface area contributed by atoms with E-state index in [-0.39, 0.29) is 19.7 Å². The van der Waals surface area contributed by atoms with Gasteiger partial charge in [-0.05, 0) is 6.92 Å². The molecular weight excluding hydrogens is 212 g/mol. The van der Waals surface area contributed by atoms with Crippen molar-refractivity contribution in [3.05, 3.63) is 0 Å². The SMILES string of the molecule is CC(CN(CCO)C(N)=O)S(=O)(=O)O. The molecule has 0 aliphatic rings. The molecule has 0 aliphatic carbocycles. The maximum atomic E-state index is 10.7. The Morgan fingerprint density at radius 3 is 2.36 bits per heavy atom. The minimum absolute atomic E-state index is 0.0603. The Kier molecular flexibility index (Phi) is 4.81. The van der Waals surface area contributed by atoms with E-state index in [1.807, 2.05) is 0 Å². The van der Waals surface area contributed by atoms with Gasteiger partial charge in [0.1, 0.15) is 5.25 Å². The van der Waals surface area contributed by atoms with Crippen LogP contribution in [0.4, 0.5) is 4.79 Å². The van der Waals surface area contributed by atoms with Gasteiger partial charge in [-0.15, -0.1) is 0 Å². The predicted molar refractivity (Wildman–Crippen MR) is 49.3 cm³/mol. The third-order valence-corrected chi connectivity index (χ3v) is 2.83. The van der Waals surface area contributed by atoms with Crippen molar-refractivity contribution in [2.75, 3.05) is 19.7 Å². The number of carbonyl (C=O) groups is 1. The quantitative estimate of drug-likeness (QED) is 0.500. The first-order valence-electron chi connectivity index (χ1n) is 3.90. The van der Waals surface area contributed by atoms with Crippen molar-refractivity contribution in [3.8, 4) is 0 Å². The summed E-state index contributed by atoms with van der Waals surface area (Å²) in [7, 11) is -4.18. The van der Waals surface area contributed by atoms with Gasteiger partial charge in [-0.2, -0.15) is 8.42 Å². The van der Waals surface area contributed by atoms with E-state index < -0.39 is 21.4 Å². The van der Waals surface area contributed by atoms with E-state index >= 15 is 0 Å². The first-order chi connectivity index (χ1) is 6.29. The van der Waals surface area contributed by atoms with Crippen LogP contribution in [0.15, 0.2) is 0 Å². The molecule has 0 fully saturated rings. The second-order valence-electron chi connectivity index (χ2n) is 2.83. The lowest BCUT2D eigenvalue weighted by atomic mass is 10.4. The van der Waals surface area contributed by atoms with Gasteiger partial charge < -0.3 is 15.7 Å². The number of carbonyl (C=O) groups excluding carboxylic acids is 1. The minimum Gasteiger partial charge on any atom is -0.395 e. The van der Waals surface area contributed by atoms with Crippen molar-refractivity contribution >= 4 is 16.1 Å². The van der Waals surface area contributed by atoms with Gasteiger partial charge in [0.25, 0.3) is 10.1 Å². The van der Waals surface area contributed by atoms with Crippen LogP contribution in [0.3, 0.4) is 0 Å². The Labute approximate surface area is 82.2 Å². The first-order valence-corrected chi connectivity index (χ1v) is 5.41. The number of urea groups is 1. The maximum absolute atomic E-state index is 10.7. The normalized spacial score (nSPS) is 13.6. The lowest BCUT2D eigenvalue weighted by Gasteiger charge is -2.21. The second-order valence-corrected chi connectivity index (χ2v) is 4.67. The number of hydrogen-bond donors (Lipinski definition) is 3. The van der Waals surface area contributed by atoms with Crippen LogP contribution < -0.4 is 5.73 Å². The largest absolute Gasteiger partial charge is 0.395 e. The number of primary amides is 1. The minimum atomic E-state index is -4.18. The van der Waals surface area contributed by atoms with E-state index in [2.05, 4.69) is 0 Å². The summed E-state index contributed by atoms with van der Waals surface area (Å²) in [5.41, 5.74) is 4.91. The Balaban J connectivity index is 4.38. The summed E-state index contributed by atoms with van der Waals surface area (Å²) in [5, 5.41) is 7.42. The lowest BCUT2D eigenvalue weighted by Crippen LogP contribution is -2.43. The van der Waals surface area contributed by atoms with Gasteiger partial charge in [0.05, 0.1) is 6.61 Å². The van der Waals surface area contributed by atoms with E-state index in [4.69, 9.17) is 15.4 Å². The molecule has 0 radical (unpaired) electrons. The summed E-state index contributed by atoms with van der Waals surface area (Å²) in [5.74, 6) is 0. The molecule has 4 N–H and O–H groups in total. The topological polar surface area (TPSA) is 121 Å². The van der Waals surface area contributed by atoms with E-state index in [1.54, 1.807) is 0 Å². The van der Waals surface area contributed by atoms with Crippen LogP contribution in [-0.2, 0) is 10.1 Å². The first kappa shape index (κ1) is 13.1. The summed E-state index contributed by atoms with van der Waals surface area (Å²) in [6.45, 7) is 0.619. The Bertz CT molecular complexity index is 289. The molecule has 2 amide bonds. The smallest absolute Gasteiger partial charge is 0.314 e. The highest BCUT2D eigenvalue weighted by Gasteiger charge is 2.22. The molecule has 0 aromatic carbocycles. The predicted octanol–water partition coefficient (Wildman–Crippen LogP) is -1.36. The molecule has 0 saturated heterocycles. The zero-order chi connectivity index (χ0) is 11.4. The zero-order valence-corrected chi connectivity index (χ0v) is 8.57. The van der Waals surface area contributed by atoms with Crippen LogP contribution in [0.1, 0.15) is 6.92 Å².